The number of piperazine rings is 1. The molecule has 0 aliphatic carbocycles. The van der Waals surface area contributed by atoms with E-state index in [1.807, 2.05) is 6.07 Å². The predicted molar refractivity (Wildman–Crippen MR) is 162 cm³/mol. The van der Waals surface area contributed by atoms with Crippen molar-refractivity contribution in [3.63, 3.8) is 0 Å². The minimum Gasteiger partial charge on any atom is -0.454 e. The highest BCUT2D eigenvalue weighted by Gasteiger charge is 2.25. The lowest BCUT2D eigenvalue weighted by Crippen LogP contribution is -2.46. The van der Waals surface area contributed by atoms with Gasteiger partial charge in [-0.05, 0) is 49.9 Å². The fourth-order valence-electron chi connectivity index (χ4n) is 5.87. The minimum atomic E-state index is 0.309. The quantitative estimate of drug-likeness (QED) is 0.396. The summed E-state index contributed by atoms with van der Waals surface area (Å²) in [5.74, 6) is 3.90. The van der Waals surface area contributed by atoms with Crippen LogP contribution in [-0.4, -0.2) is 89.9 Å². The summed E-state index contributed by atoms with van der Waals surface area (Å²) >= 11 is 0. The highest BCUT2D eigenvalue weighted by Crippen LogP contribution is 2.33. The number of piperidine rings is 1. The molecule has 2 aromatic carbocycles. The van der Waals surface area contributed by atoms with Gasteiger partial charge in [0.25, 0.3) is 0 Å². The van der Waals surface area contributed by atoms with E-state index in [-0.39, 0.29) is 0 Å². The molecular weight excluding hydrogens is 516 g/mol. The first-order valence-electron chi connectivity index (χ1n) is 15.1. The summed E-state index contributed by atoms with van der Waals surface area (Å²) in [6.07, 6.45) is 2.15. The lowest BCUT2D eigenvalue weighted by molar-refractivity contribution is 0.174. The number of nitrogens with one attached hydrogen (secondary N) is 1. The summed E-state index contributed by atoms with van der Waals surface area (Å²) in [7, 11) is 0. The Morgan fingerprint density at radius 1 is 0.780 bits per heavy atom. The number of rotatable bonds is 10. The van der Waals surface area contributed by atoms with E-state index in [9.17, 15) is 0 Å². The van der Waals surface area contributed by atoms with Gasteiger partial charge in [0.2, 0.25) is 24.6 Å². The first-order valence-corrected chi connectivity index (χ1v) is 15.1. The molecule has 0 spiro atoms. The van der Waals surface area contributed by atoms with E-state index < -0.39 is 0 Å². The molecule has 0 radical (unpaired) electrons. The van der Waals surface area contributed by atoms with Crippen molar-refractivity contribution >= 4 is 17.8 Å². The first-order chi connectivity index (χ1) is 20.2. The Hall–Kier alpha value is -3.63. The van der Waals surface area contributed by atoms with Crippen LogP contribution in [0.3, 0.4) is 0 Å². The molecule has 4 heterocycles. The van der Waals surface area contributed by atoms with Gasteiger partial charge in [-0.2, -0.15) is 15.0 Å². The molecule has 0 atom stereocenters. The van der Waals surface area contributed by atoms with Gasteiger partial charge in [0.05, 0.1) is 0 Å². The van der Waals surface area contributed by atoms with Crippen LogP contribution in [0.4, 0.5) is 17.8 Å². The van der Waals surface area contributed by atoms with Gasteiger partial charge in [0, 0.05) is 71.5 Å². The van der Waals surface area contributed by atoms with Crippen LogP contribution >= 0.6 is 0 Å². The average molecular weight is 559 g/mol. The maximum atomic E-state index is 5.56. The zero-order chi connectivity index (χ0) is 28.0. The third-order valence-corrected chi connectivity index (χ3v) is 8.33. The van der Waals surface area contributed by atoms with Crippen molar-refractivity contribution in [3.05, 3.63) is 59.7 Å². The number of hydrogen-bond acceptors (Lipinski definition) is 10. The molecule has 0 bridgehead atoms. The summed E-state index contributed by atoms with van der Waals surface area (Å²) in [4.78, 5) is 24.3. The largest absolute Gasteiger partial charge is 0.454 e. The molecule has 1 aromatic heterocycles. The first kappa shape index (κ1) is 27.5. The number of anilines is 3. The van der Waals surface area contributed by atoms with E-state index in [0.717, 1.165) is 102 Å². The zero-order valence-corrected chi connectivity index (χ0v) is 24.3. The molecule has 3 aliphatic rings. The normalized spacial score (nSPS) is 18.0. The Morgan fingerprint density at radius 2 is 1.49 bits per heavy atom. The number of nitrogens with zero attached hydrogens (tertiary/aromatic N) is 7. The summed E-state index contributed by atoms with van der Waals surface area (Å²) in [6, 6.07) is 17.3. The van der Waals surface area contributed by atoms with Gasteiger partial charge < -0.3 is 24.6 Å². The maximum Gasteiger partial charge on any atom is 0.232 e. The lowest BCUT2D eigenvalue weighted by atomic mass is 10.0. The van der Waals surface area contributed by atoms with Crippen molar-refractivity contribution in [3.8, 4) is 11.5 Å². The number of aromatic nitrogens is 3. The Balaban J connectivity index is 1.08. The predicted octanol–water partition coefficient (Wildman–Crippen LogP) is 3.85. The SMILES string of the molecule is CCN(CC)c1nc(NC2CCN(Cc3ccccc3)CC2)nc(N2CCN(Cc3ccc4c(c3)OCO4)CC2)n1. The van der Waals surface area contributed by atoms with Crippen molar-refractivity contribution in [2.24, 2.45) is 0 Å². The highest BCUT2D eigenvalue weighted by atomic mass is 16.7. The number of benzene rings is 2. The van der Waals surface area contributed by atoms with E-state index in [1.165, 1.54) is 11.1 Å². The molecule has 3 aliphatic heterocycles. The topological polar surface area (TPSA) is 82.1 Å². The average Bonchev–Trinajstić information content (AvgIpc) is 3.48. The number of likely N-dealkylation sites (tertiary alicyclic amines) is 1. The van der Waals surface area contributed by atoms with Gasteiger partial charge >= 0.3 is 0 Å². The van der Waals surface area contributed by atoms with Crippen LogP contribution in [0.5, 0.6) is 11.5 Å². The van der Waals surface area contributed by atoms with E-state index in [0.29, 0.717) is 18.8 Å². The second kappa shape index (κ2) is 12.9. The third kappa shape index (κ3) is 6.82. The van der Waals surface area contributed by atoms with Crippen molar-refractivity contribution in [1.82, 2.24) is 24.8 Å². The molecule has 0 saturated carbocycles. The van der Waals surface area contributed by atoms with Gasteiger partial charge in [-0.15, -0.1) is 0 Å². The van der Waals surface area contributed by atoms with Crippen molar-refractivity contribution in [2.45, 2.75) is 45.8 Å². The molecule has 2 saturated heterocycles. The number of fused-ring (bicyclic) bond motifs is 1. The van der Waals surface area contributed by atoms with Gasteiger partial charge in [-0.1, -0.05) is 36.4 Å². The maximum absolute atomic E-state index is 5.56. The van der Waals surface area contributed by atoms with Crippen LogP contribution < -0.4 is 24.6 Å². The zero-order valence-electron chi connectivity index (χ0n) is 24.3. The number of ether oxygens (including phenoxy) is 2. The van der Waals surface area contributed by atoms with Crippen LogP contribution in [0.15, 0.2) is 48.5 Å². The smallest absolute Gasteiger partial charge is 0.232 e. The Labute approximate surface area is 243 Å². The van der Waals surface area contributed by atoms with Gasteiger partial charge in [-0.25, -0.2) is 0 Å². The monoisotopic (exact) mass is 558 g/mol. The van der Waals surface area contributed by atoms with Crippen LogP contribution in [-0.2, 0) is 13.1 Å². The Bertz CT molecular complexity index is 1270. The molecular formula is C31H42N8O2. The summed E-state index contributed by atoms with van der Waals surface area (Å²) in [5, 5.41) is 3.68. The van der Waals surface area contributed by atoms with Gasteiger partial charge in [-0.3, -0.25) is 9.80 Å². The molecule has 6 rings (SSSR count). The Morgan fingerprint density at radius 3 is 2.24 bits per heavy atom. The molecule has 0 unspecified atom stereocenters. The van der Waals surface area contributed by atoms with E-state index in [2.05, 4.69) is 81.2 Å². The second-order valence-electron chi connectivity index (χ2n) is 11.1. The van der Waals surface area contributed by atoms with Crippen molar-refractivity contribution in [2.75, 3.05) is 74.3 Å². The fourth-order valence-corrected chi connectivity index (χ4v) is 5.87. The molecule has 0 amide bonds. The van der Waals surface area contributed by atoms with E-state index in [4.69, 9.17) is 24.4 Å². The van der Waals surface area contributed by atoms with Crippen LogP contribution in [0, 0.1) is 0 Å². The van der Waals surface area contributed by atoms with Gasteiger partial charge in [0.1, 0.15) is 0 Å². The lowest BCUT2D eigenvalue weighted by Gasteiger charge is -2.35. The molecule has 41 heavy (non-hydrogen) atoms. The molecule has 218 valence electrons. The van der Waals surface area contributed by atoms with Crippen LogP contribution in [0.2, 0.25) is 0 Å². The van der Waals surface area contributed by atoms with Crippen molar-refractivity contribution in [1.29, 1.82) is 0 Å². The second-order valence-corrected chi connectivity index (χ2v) is 11.1. The van der Waals surface area contributed by atoms with E-state index in [1.54, 1.807) is 0 Å². The van der Waals surface area contributed by atoms with Crippen LogP contribution in [0.1, 0.15) is 37.8 Å². The third-order valence-electron chi connectivity index (χ3n) is 8.33. The molecule has 1 N–H and O–H groups in total. The number of hydrogen-bond donors (Lipinski definition) is 1. The summed E-state index contributed by atoms with van der Waals surface area (Å²) < 4.78 is 11.0. The Kier molecular flexibility index (Phi) is 8.67. The molecule has 10 heteroatoms. The fraction of sp³-hybridized carbons (Fsp3) is 0.516. The standard InChI is InChI=1S/C31H42N8O2/c1-3-38(4-2)30-33-29(32-26-12-14-36(15-13-26)21-24-8-6-5-7-9-24)34-31(35-30)39-18-16-37(17-19-39)22-25-10-11-27-28(20-25)41-23-40-27/h5-11,20,26H,3-4,12-19,21-23H2,1-2H3,(H,32,33,34,35). The molecule has 2 fully saturated rings. The summed E-state index contributed by atoms with van der Waals surface area (Å²) in [6.45, 7) is 14.0. The molecule has 10 nitrogen and oxygen atoms in total. The van der Waals surface area contributed by atoms with Gasteiger partial charge in [0.15, 0.2) is 11.5 Å². The van der Waals surface area contributed by atoms with Crippen molar-refractivity contribution < 1.29 is 9.47 Å². The van der Waals surface area contributed by atoms with Crippen LogP contribution in [0.25, 0.3) is 0 Å². The summed E-state index contributed by atoms with van der Waals surface area (Å²) in [5.41, 5.74) is 2.62. The highest BCUT2D eigenvalue weighted by molar-refractivity contribution is 5.46. The van der Waals surface area contributed by atoms with E-state index >= 15 is 0 Å². The molecule has 3 aromatic rings. The minimum absolute atomic E-state index is 0.309.